The Morgan fingerprint density at radius 3 is 2.05 bits per heavy atom. The van der Waals surface area contributed by atoms with Gasteiger partial charge in [0.05, 0.1) is 6.61 Å². The third kappa shape index (κ3) is 7.67. The number of aliphatic hydroxyl groups is 1. The number of benzene rings is 1. The predicted molar refractivity (Wildman–Crippen MR) is 93.2 cm³/mol. The Balaban J connectivity index is 2.36. The summed E-state index contributed by atoms with van der Waals surface area (Å²) in [5, 5.41) is 8.81. The summed E-state index contributed by atoms with van der Waals surface area (Å²) in [6, 6.07) is 10.5. The van der Waals surface area contributed by atoms with Gasteiger partial charge in [0, 0.05) is 0 Å². The molecule has 1 N–H and O–H groups in total. The maximum Gasteiger partial charge on any atom is 0.0614 e. The van der Waals surface area contributed by atoms with Crippen LogP contribution in [0.5, 0.6) is 0 Å². The van der Waals surface area contributed by atoms with Gasteiger partial charge in [0.15, 0.2) is 0 Å². The SMILES string of the molecule is C/C(=C/CC/C(C)=C/CC/C(C)=C/CO)c1ccccc1. The molecule has 1 aromatic carbocycles. The second-order valence-corrected chi connectivity index (χ2v) is 5.61. The fourth-order valence-corrected chi connectivity index (χ4v) is 2.24. The highest BCUT2D eigenvalue weighted by atomic mass is 16.2. The molecule has 0 heterocycles. The summed E-state index contributed by atoms with van der Waals surface area (Å²) in [7, 11) is 0. The smallest absolute Gasteiger partial charge is 0.0614 e. The molecule has 1 rings (SSSR count). The Kier molecular flexibility index (Phi) is 8.45. The van der Waals surface area contributed by atoms with Gasteiger partial charge in [0.1, 0.15) is 0 Å². The van der Waals surface area contributed by atoms with Gasteiger partial charge in [-0.05, 0) is 57.6 Å². The van der Waals surface area contributed by atoms with E-state index >= 15 is 0 Å². The van der Waals surface area contributed by atoms with E-state index in [0.29, 0.717) is 0 Å². The van der Waals surface area contributed by atoms with E-state index in [2.05, 4.69) is 63.3 Å². The van der Waals surface area contributed by atoms with Gasteiger partial charge in [-0.15, -0.1) is 0 Å². The van der Waals surface area contributed by atoms with E-state index in [9.17, 15) is 0 Å². The molecular formula is C20H28O. The van der Waals surface area contributed by atoms with Crippen LogP contribution in [0.2, 0.25) is 0 Å². The molecule has 0 amide bonds. The third-order valence-corrected chi connectivity index (χ3v) is 3.69. The molecule has 0 saturated heterocycles. The first kappa shape index (κ1) is 17.5. The summed E-state index contributed by atoms with van der Waals surface area (Å²) >= 11 is 0. The lowest BCUT2D eigenvalue weighted by atomic mass is 10.0. The predicted octanol–water partition coefficient (Wildman–Crippen LogP) is 5.54. The molecule has 0 aliphatic carbocycles. The minimum Gasteiger partial charge on any atom is -0.392 e. The van der Waals surface area contributed by atoms with Crippen molar-refractivity contribution in [3.8, 4) is 0 Å². The third-order valence-electron chi connectivity index (χ3n) is 3.69. The van der Waals surface area contributed by atoms with Crippen LogP contribution in [0.4, 0.5) is 0 Å². The van der Waals surface area contributed by atoms with Crippen molar-refractivity contribution in [2.45, 2.75) is 46.5 Å². The second-order valence-electron chi connectivity index (χ2n) is 5.61. The van der Waals surface area contributed by atoms with E-state index in [1.165, 1.54) is 22.3 Å². The molecule has 0 radical (unpaired) electrons. The lowest BCUT2D eigenvalue weighted by Gasteiger charge is -2.03. The highest BCUT2D eigenvalue weighted by Gasteiger charge is 1.95. The fraction of sp³-hybridized carbons (Fsp3) is 0.400. The number of hydrogen-bond donors (Lipinski definition) is 1. The van der Waals surface area contributed by atoms with Gasteiger partial charge in [-0.2, -0.15) is 0 Å². The standard InChI is InChI=1S/C20H28O/c1-17(9-7-10-18(2)15-16-21)11-8-12-19(3)20-13-5-4-6-14-20/h4-6,9,12-15,21H,7-8,10-11,16H2,1-3H3/b17-9+,18-15+,19-12-. The van der Waals surface area contributed by atoms with E-state index in [1.54, 1.807) is 0 Å². The van der Waals surface area contributed by atoms with Crippen molar-refractivity contribution in [1.29, 1.82) is 0 Å². The van der Waals surface area contributed by atoms with Crippen LogP contribution in [0.1, 0.15) is 52.0 Å². The average molecular weight is 284 g/mol. The highest BCUT2D eigenvalue weighted by Crippen LogP contribution is 2.16. The number of aliphatic hydroxyl groups excluding tert-OH is 1. The minimum atomic E-state index is 0.151. The molecule has 0 spiro atoms. The van der Waals surface area contributed by atoms with Crippen LogP contribution >= 0.6 is 0 Å². The van der Waals surface area contributed by atoms with Gasteiger partial charge in [0.25, 0.3) is 0 Å². The molecule has 0 aliphatic heterocycles. The normalized spacial score (nSPS) is 13.6. The van der Waals surface area contributed by atoms with Crippen LogP contribution in [-0.2, 0) is 0 Å². The second kappa shape index (κ2) is 10.2. The molecule has 0 aromatic heterocycles. The van der Waals surface area contributed by atoms with Crippen LogP contribution < -0.4 is 0 Å². The number of hydrogen-bond acceptors (Lipinski definition) is 1. The zero-order chi connectivity index (χ0) is 15.5. The largest absolute Gasteiger partial charge is 0.392 e. The van der Waals surface area contributed by atoms with Gasteiger partial charge >= 0.3 is 0 Å². The van der Waals surface area contributed by atoms with Gasteiger partial charge in [0.2, 0.25) is 0 Å². The first-order chi connectivity index (χ1) is 10.1. The first-order valence-corrected chi connectivity index (χ1v) is 7.77. The van der Waals surface area contributed by atoms with Gasteiger partial charge in [-0.25, -0.2) is 0 Å². The topological polar surface area (TPSA) is 20.2 Å². The van der Waals surface area contributed by atoms with E-state index in [4.69, 9.17) is 5.11 Å². The van der Waals surface area contributed by atoms with Crippen molar-refractivity contribution in [3.63, 3.8) is 0 Å². The van der Waals surface area contributed by atoms with E-state index in [0.717, 1.165) is 25.7 Å². The highest BCUT2D eigenvalue weighted by molar-refractivity contribution is 5.63. The molecule has 1 nitrogen and oxygen atoms in total. The van der Waals surface area contributed by atoms with E-state index in [1.807, 2.05) is 6.08 Å². The zero-order valence-corrected chi connectivity index (χ0v) is 13.6. The van der Waals surface area contributed by atoms with Crippen molar-refractivity contribution in [3.05, 3.63) is 65.3 Å². The summed E-state index contributed by atoms with van der Waals surface area (Å²) in [6.45, 7) is 6.61. The average Bonchev–Trinajstić information content (AvgIpc) is 2.48. The molecule has 0 saturated carbocycles. The Morgan fingerprint density at radius 2 is 1.43 bits per heavy atom. The Morgan fingerprint density at radius 1 is 0.857 bits per heavy atom. The Labute approximate surface area is 129 Å². The summed E-state index contributed by atoms with van der Waals surface area (Å²) in [4.78, 5) is 0. The van der Waals surface area contributed by atoms with Crippen molar-refractivity contribution in [1.82, 2.24) is 0 Å². The molecule has 0 fully saturated rings. The van der Waals surface area contributed by atoms with Crippen LogP contribution in [0, 0.1) is 0 Å². The summed E-state index contributed by atoms with van der Waals surface area (Å²) in [5.74, 6) is 0. The van der Waals surface area contributed by atoms with Crippen molar-refractivity contribution in [2.75, 3.05) is 6.61 Å². The Bertz CT molecular complexity index is 492. The first-order valence-electron chi connectivity index (χ1n) is 7.77. The van der Waals surface area contributed by atoms with Crippen molar-refractivity contribution in [2.24, 2.45) is 0 Å². The number of allylic oxidation sites excluding steroid dienone is 5. The van der Waals surface area contributed by atoms with Gasteiger partial charge in [-0.3, -0.25) is 0 Å². The maximum atomic E-state index is 8.81. The van der Waals surface area contributed by atoms with Crippen LogP contribution in [0.3, 0.4) is 0 Å². The molecule has 1 aromatic rings. The zero-order valence-electron chi connectivity index (χ0n) is 13.6. The molecule has 21 heavy (non-hydrogen) atoms. The molecule has 114 valence electrons. The Hall–Kier alpha value is -1.60. The minimum absolute atomic E-state index is 0.151. The van der Waals surface area contributed by atoms with E-state index < -0.39 is 0 Å². The molecule has 1 heteroatoms. The molecule has 0 aliphatic rings. The fourth-order valence-electron chi connectivity index (χ4n) is 2.24. The van der Waals surface area contributed by atoms with E-state index in [-0.39, 0.29) is 6.61 Å². The lowest BCUT2D eigenvalue weighted by Crippen LogP contribution is -1.83. The van der Waals surface area contributed by atoms with Crippen LogP contribution in [0.25, 0.3) is 5.57 Å². The van der Waals surface area contributed by atoms with Gasteiger partial charge < -0.3 is 5.11 Å². The van der Waals surface area contributed by atoms with Crippen LogP contribution in [-0.4, -0.2) is 11.7 Å². The number of rotatable bonds is 8. The maximum absolute atomic E-state index is 8.81. The van der Waals surface area contributed by atoms with Crippen molar-refractivity contribution >= 4 is 5.57 Å². The van der Waals surface area contributed by atoms with Crippen molar-refractivity contribution < 1.29 is 5.11 Å². The summed E-state index contributed by atoms with van der Waals surface area (Å²) in [6.07, 6.45) is 10.8. The molecule has 0 unspecified atom stereocenters. The summed E-state index contributed by atoms with van der Waals surface area (Å²) in [5.41, 5.74) is 5.37. The van der Waals surface area contributed by atoms with Crippen LogP contribution in [0.15, 0.2) is 59.7 Å². The monoisotopic (exact) mass is 284 g/mol. The molecular weight excluding hydrogens is 256 g/mol. The summed E-state index contributed by atoms with van der Waals surface area (Å²) < 4.78 is 0. The lowest BCUT2D eigenvalue weighted by molar-refractivity contribution is 0.341. The molecule has 0 bridgehead atoms. The van der Waals surface area contributed by atoms with Gasteiger partial charge in [-0.1, -0.05) is 59.7 Å². The quantitative estimate of drug-likeness (QED) is 0.622. The molecule has 0 atom stereocenters.